The Morgan fingerprint density at radius 2 is 2.00 bits per heavy atom. The van der Waals surface area contributed by atoms with Gasteiger partial charge in [-0.1, -0.05) is 25.1 Å². The van der Waals surface area contributed by atoms with Gasteiger partial charge in [0.15, 0.2) is 0 Å². The highest BCUT2D eigenvalue weighted by atomic mass is 19.1. The van der Waals surface area contributed by atoms with Crippen LogP contribution in [-0.2, 0) is 4.79 Å². The highest BCUT2D eigenvalue weighted by Crippen LogP contribution is 2.23. The number of benzene rings is 1. The van der Waals surface area contributed by atoms with Crippen LogP contribution < -0.4 is 0 Å². The molecule has 0 N–H and O–H groups in total. The molecule has 2 rings (SSSR count). The molecule has 106 valence electrons. The summed E-state index contributed by atoms with van der Waals surface area (Å²) in [7, 11) is 0. The number of hydrogen-bond donors (Lipinski definition) is 0. The molecule has 1 unspecified atom stereocenters. The summed E-state index contributed by atoms with van der Waals surface area (Å²) in [5.41, 5.74) is 0.408. The molecule has 1 aromatic rings. The Balaban J connectivity index is 2.07. The number of nitrogens with zero attached hydrogens (tertiary/aromatic N) is 3. The second-order valence-electron chi connectivity index (χ2n) is 4.82. The number of piperazine rings is 1. The van der Waals surface area contributed by atoms with Crippen molar-refractivity contribution in [3.63, 3.8) is 0 Å². The minimum Gasteiger partial charge on any atom is -0.340 e. The molecule has 4 nitrogen and oxygen atoms in total. The third kappa shape index (κ3) is 2.97. The zero-order valence-electron chi connectivity index (χ0n) is 11.6. The van der Waals surface area contributed by atoms with Gasteiger partial charge in [-0.15, -0.1) is 0 Å². The van der Waals surface area contributed by atoms with E-state index in [-0.39, 0.29) is 11.7 Å². The fourth-order valence-electron chi connectivity index (χ4n) is 2.50. The predicted molar refractivity (Wildman–Crippen MR) is 73.2 cm³/mol. The number of halogens is 1. The topological polar surface area (TPSA) is 47.3 Å². The number of carbonyl (C=O) groups is 1. The van der Waals surface area contributed by atoms with Gasteiger partial charge in [-0.3, -0.25) is 9.69 Å². The lowest BCUT2D eigenvalue weighted by molar-refractivity contribution is -0.132. The van der Waals surface area contributed by atoms with Crippen LogP contribution in [0.3, 0.4) is 0 Å². The van der Waals surface area contributed by atoms with Crippen molar-refractivity contribution in [3.05, 3.63) is 35.6 Å². The van der Waals surface area contributed by atoms with Gasteiger partial charge in [-0.25, -0.2) is 4.39 Å². The molecule has 0 radical (unpaired) electrons. The second-order valence-corrected chi connectivity index (χ2v) is 4.82. The van der Waals surface area contributed by atoms with Gasteiger partial charge in [0.05, 0.1) is 6.07 Å². The van der Waals surface area contributed by atoms with Gasteiger partial charge in [-0.2, -0.15) is 5.26 Å². The Morgan fingerprint density at radius 3 is 2.55 bits per heavy atom. The van der Waals surface area contributed by atoms with Crippen molar-refractivity contribution in [2.24, 2.45) is 0 Å². The Hall–Kier alpha value is -1.93. The van der Waals surface area contributed by atoms with E-state index in [1.54, 1.807) is 23.1 Å². The first-order valence-corrected chi connectivity index (χ1v) is 6.83. The average molecular weight is 275 g/mol. The third-order valence-corrected chi connectivity index (χ3v) is 3.66. The van der Waals surface area contributed by atoms with Crippen LogP contribution in [0.2, 0.25) is 0 Å². The number of nitriles is 1. The van der Waals surface area contributed by atoms with Crippen molar-refractivity contribution < 1.29 is 9.18 Å². The molecule has 0 spiro atoms. The monoisotopic (exact) mass is 275 g/mol. The Bertz CT molecular complexity index is 518. The first kappa shape index (κ1) is 14.5. The quantitative estimate of drug-likeness (QED) is 0.847. The number of carbonyl (C=O) groups excluding carboxylic acids is 1. The third-order valence-electron chi connectivity index (χ3n) is 3.66. The van der Waals surface area contributed by atoms with Gasteiger partial charge in [-0.05, 0) is 6.07 Å². The van der Waals surface area contributed by atoms with E-state index in [4.69, 9.17) is 0 Å². The number of hydrogen-bond acceptors (Lipinski definition) is 3. The molecule has 1 amide bonds. The molecule has 1 aromatic carbocycles. The van der Waals surface area contributed by atoms with Crippen LogP contribution in [0.25, 0.3) is 0 Å². The van der Waals surface area contributed by atoms with Crippen molar-refractivity contribution >= 4 is 5.91 Å². The molecule has 1 atom stereocenters. The van der Waals surface area contributed by atoms with Crippen molar-refractivity contribution in [1.82, 2.24) is 9.80 Å². The van der Waals surface area contributed by atoms with E-state index in [2.05, 4.69) is 6.07 Å². The van der Waals surface area contributed by atoms with Gasteiger partial charge < -0.3 is 4.90 Å². The number of rotatable bonds is 3. The molecule has 1 aliphatic rings. The Kier molecular flexibility index (Phi) is 4.70. The zero-order chi connectivity index (χ0) is 14.5. The lowest BCUT2D eigenvalue weighted by atomic mass is 10.0. The van der Waals surface area contributed by atoms with E-state index < -0.39 is 6.04 Å². The summed E-state index contributed by atoms with van der Waals surface area (Å²) in [6.45, 7) is 4.22. The average Bonchev–Trinajstić information content (AvgIpc) is 2.50. The normalized spacial score (nSPS) is 17.6. The Labute approximate surface area is 118 Å². The summed E-state index contributed by atoms with van der Waals surface area (Å²) in [5.74, 6) is -0.227. The molecular weight excluding hydrogens is 257 g/mol. The molecule has 20 heavy (non-hydrogen) atoms. The van der Waals surface area contributed by atoms with Gasteiger partial charge >= 0.3 is 0 Å². The summed E-state index contributed by atoms with van der Waals surface area (Å²) >= 11 is 0. The standard InChI is InChI=1S/C15H18FN3O/c1-2-15(20)19-9-7-18(8-10-19)14(11-17)12-5-3-4-6-13(12)16/h3-6,14H,2,7-10H2,1H3. The van der Waals surface area contributed by atoms with E-state index >= 15 is 0 Å². The van der Waals surface area contributed by atoms with Crippen LogP contribution in [0.5, 0.6) is 0 Å². The molecule has 5 heteroatoms. The lowest BCUT2D eigenvalue weighted by Crippen LogP contribution is -2.49. The first-order valence-electron chi connectivity index (χ1n) is 6.83. The maximum Gasteiger partial charge on any atom is 0.222 e. The van der Waals surface area contributed by atoms with Crippen LogP contribution >= 0.6 is 0 Å². The van der Waals surface area contributed by atoms with E-state index in [1.165, 1.54) is 6.07 Å². The van der Waals surface area contributed by atoms with E-state index in [0.29, 0.717) is 38.2 Å². The highest BCUT2D eigenvalue weighted by molar-refractivity contribution is 5.75. The second kappa shape index (κ2) is 6.49. The molecule has 0 saturated carbocycles. The van der Waals surface area contributed by atoms with E-state index in [9.17, 15) is 14.4 Å². The van der Waals surface area contributed by atoms with Crippen molar-refractivity contribution in [3.8, 4) is 6.07 Å². The van der Waals surface area contributed by atoms with Gasteiger partial charge in [0.25, 0.3) is 0 Å². The van der Waals surface area contributed by atoms with Gasteiger partial charge in [0.2, 0.25) is 5.91 Å². The Morgan fingerprint density at radius 1 is 1.35 bits per heavy atom. The van der Waals surface area contributed by atoms with Crippen molar-refractivity contribution in [1.29, 1.82) is 5.26 Å². The maximum absolute atomic E-state index is 13.8. The smallest absolute Gasteiger partial charge is 0.222 e. The zero-order valence-corrected chi connectivity index (χ0v) is 11.6. The largest absolute Gasteiger partial charge is 0.340 e. The summed E-state index contributed by atoms with van der Waals surface area (Å²) in [5, 5.41) is 9.34. The molecular formula is C15H18FN3O. The van der Waals surface area contributed by atoms with E-state index in [1.807, 2.05) is 11.8 Å². The lowest BCUT2D eigenvalue weighted by Gasteiger charge is -2.37. The minimum atomic E-state index is -0.588. The van der Waals surface area contributed by atoms with Crippen LogP contribution in [0, 0.1) is 17.1 Å². The fraction of sp³-hybridized carbons (Fsp3) is 0.467. The summed E-state index contributed by atoms with van der Waals surface area (Å²) in [6.07, 6.45) is 0.495. The summed E-state index contributed by atoms with van der Waals surface area (Å²) in [6, 6.07) is 7.95. The van der Waals surface area contributed by atoms with Crippen molar-refractivity contribution in [2.75, 3.05) is 26.2 Å². The SMILES string of the molecule is CCC(=O)N1CCN(C(C#N)c2ccccc2F)CC1. The first-order chi connectivity index (χ1) is 9.67. The fourth-order valence-corrected chi connectivity index (χ4v) is 2.50. The molecule has 0 aromatic heterocycles. The van der Waals surface area contributed by atoms with Crippen LogP contribution in [0.4, 0.5) is 4.39 Å². The van der Waals surface area contributed by atoms with Crippen LogP contribution in [-0.4, -0.2) is 41.9 Å². The molecule has 1 aliphatic heterocycles. The molecule has 0 aliphatic carbocycles. The van der Waals surface area contributed by atoms with Crippen LogP contribution in [0.1, 0.15) is 24.9 Å². The molecule has 1 saturated heterocycles. The van der Waals surface area contributed by atoms with Crippen LogP contribution in [0.15, 0.2) is 24.3 Å². The summed E-state index contributed by atoms with van der Waals surface area (Å²) < 4.78 is 13.8. The van der Waals surface area contributed by atoms with E-state index in [0.717, 1.165) is 0 Å². The minimum absolute atomic E-state index is 0.129. The highest BCUT2D eigenvalue weighted by Gasteiger charge is 2.27. The maximum atomic E-state index is 13.8. The molecule has 0 bridgehead atoms. The summed E-state index contributed by atoms with van der Waals surface area (Å²) in [4.78, 5) is 15.3. The molecule has 1 heterocycles. The van der Waals surface area contributed by atoms with Crippen molar-refractivity contribution in [2.45, 2.75) is 19.4 Å². The van der Waals surface area contributed by atoms with Gasteiger partial charge in [0.1, 0.15) is 11.9 Å². The predicted octanol–water partition coefficient (Wildman–Crippen LogP) is 1.94. The molecule has 1 fully saturated rings. The van der Waals surface area contributed by atoms with Gasteiger partial charge in [0, 0.05) is 38.2 Å². The number of amides is 1.